The zero-order valence-corrected chi connectivity index (χ0v) is 25.9. The van der Waals surface area contributed by atoms with E-state index in [1.165, 1.54) is 38.5 Å². The van der Waals surface area contributed by atoms with Gasteiger partial charge in [0.1, 0.15) is 0 Å². The standard InChI is InChI=1S/C30H60N6/c1-25(2)13-21(14-26(3,4)31-25)22-19-35(23-15-27(5,6)32-28(7,8)16-23)34-36(20-22)24-17-29(9,10)33-30(11,12)18-24/h21-24,31-34H,13-20H2,1-12H3. The molecule has 4 heterocycles. The van der Waals surface area contributed by atoms with Gasteiger partial charge >= 0.3 is 0 Å². The van der Waals surface area contributed by atoms with Crippen molar-refractivity contribution in [2.45, 2.75) is 167 Å². The van der Waals surface area contributed by atoms with Gasteiger partial charge in [-0.25, -0.2) is 10.0 Å². The zero-order chi connectivity index (χ0) is 26.9. The molecule has 0 atom stereocenters. The number of hydrazine groups is 2. The van der Waals surface area contributed by atoms with E-state index in [0.717, 1.165) is 19.0 Å². The summed E-state index contributed by atoms with van der Waals surface area (Å²) in [6.45, 7) is 31.0. The summed E-state index contributed by atoms with van der Waals surface area (Å²) in [6, 6.07) is 1.07. The van der Waals surface area contributed by atoms with Gasteiger partial charge in [-0.05, 0) is 133 Å². The fourth-order valence-corrected chi connectivity index (χ4v) is 9.28. The third-order valence-electron chi connectivity index (χ3n) is 9.23. The number of hydrogen-bond donors (Lipinski definition) is 4. The van der Waals surface area contributed by atoms with Gasteiger partial charge < -0.3 is 16.0 Å². The topological polar surface area (TPSA) is 54.6 Å². The number of piperidine rings is 3. The van der Waals surface area contributed by atoms with Crippen molar-refractivity contribution in [2.75, 3.05) is 13.1 Å². The van der Waals surface area contributed by atoms with Crippen LogP contribution in [0.5, 0.6) is 0 Å². The molecule has 0 aromatic heterocycles. The lowest BCUT2D eigenvalue weighted by Crippen LogP contribution is -2.72. The molecule has 0 saturated carbocycles. The van der Waals surface area contributed by atoms with Crippen molar-refractivity contribution >= 4 is 0 Å². The number of nitrogens with one attached hydrogen (secondary N) is 4. The van der Waals surface area contributed by atoms with Gasteiger partial charge in [0.05, 0.1) is 0 Å². The van der Waals surface area contributed by atoms with E-state index in [-0.39, 0.29) is 33.2 Å². The summed E-state index contributed by atoms with van der Waals surface area (Å²) in [5, 5.41) is 17.1. The summed E-state index contributed by atoms with van der Waals surface area (Å²) >= 11 is 0. The van der Waals surface area contributed by atoms with Crippen molar-refractivity contribution in [1.29, 1.82) is 0 Å². The molecule has 4 saturated heterocycles. The predicted octanol–water partition coefficient (Wildman–Crippen LogP) is 4.82. The molecule has 0 radical (unpaired) electrons. The minimum Gasteiger partial charge on any atom is -0.307 e. The average molecular weight is 505 g/mol. The molecule has 0 spiro atoms. The average Bonchev–Trinajstić information content (AvgIpc) is 2.60. The molecule has 0 aromatic carbocycles. The Labute approximate surface area is 223 Å². The van der Waals surface area contributed by atoms with E-state index in [2.05, 4.69) is 115 Å². The Morgan fingerprint density at radius 3 is 1.00 bits per heavy atom. The van der Waals surface area contributed by atoms with Gasteiger partial charge in [0, 0.05) is 58.4 Å². The summed E-state index contributed by atoms with van der Waals surface area (Å²) in [4.78, 5) is 0. The van der Waals surface area contributed by atoms with Gasteiger partial charge in [0.2, 0.25) is 0 Å². The Balaban J connectivity index is 1.62. The fourth-order valence-electron chi connectivity index (χ4n) is 9.28. The molecule has 6 nitrogen and oxygen atoms in total. The third-order valence-corrected chi connectivity index (χ3v) is 9.23. The van der Waals surface area contributed by atoms with Crippen LogP contribution in [0.2, 0.25) is 0 Å². The lowest BCUT2D eigenvalue weighted by Gasteiger charge is -2.57. The van der Waals surface area contributed by atoms with Crippen LogP contribution in [0.1, 0.15) is 122 Å². The van der Waals surface area contributed by atoms with Crippen LogP contribution in [0.3, 0.4) is 0 Å². The summed E-state index contributed by atoms with van der Waals surface area (Å²) in [7, 11) is 0. The number of nitrogens with zero attached hydrogens (tertiary/aromatic N) is 2. The second-order valence-electron chi connectivity index (χ2n) is 17.1. The molecule has 4 fully saturated rings. The van der Waals surface area contributed by atoms with Crippen LogP contribution >= 0.6 is 0 Å². The molecule has 0 unspecified atom stereocenters. The van der Waals surface area contributed by atoms with Gasteiger partial charge in [0.15, 0.2) is 0 Å². The summed E-state index contributed by atoms with van der Waals surface area (Å²) in [5.74, 6) is 1.41. The van der Waals surface area contributed by atoms with E-state index in [4.69, 9.17) is 0 Å². The Morgan fingerprint density at radius 2 is 0.694 bits per heavy atom. The van der Waals surface area contributed by atoms with E-state index in [1.54, 1.807) is 0 Å². The number of rotatable bonds is 3. The summed E-state index contributed by atoms with van der Waals surface area (Å²) < 4.78 is 0. The quantitative estimate of drug-likeness (QED) is 0.442. The molecular weight excluding hydrogens is 444 g/mol. The number of hydrogen-bond acceptors (Lipinski definition) is 6. The minimum atomic E-state index is 0.142. The highest BCUT2D eigenvalue weighted by Gasteiger charge is 2.48. The van der Waals surface area contributed by atoms with Crippen LogP contribution in [0.25, 0.3) is 0 Å². The van der Waals surface area contributed by atoms with Gasteiger partial charge in [-0.3, -0.25) is 0 Å². The first-order valence-corrected chi connectivity index (χ1v) is 14.8. The Kier molecular flexibility index (Phi) is 7.32. The van der Waals surface area contributed by atoms with Crippen LogP contribution in [0.4, 0.5) is 0 Å². The molecule has 36 heavy (non-hydrogen) atoms. The maximum Gasteiger partial charge on any atom is 0.0291 e. The Hall–Kier alpha value is -0.240. The molecule has 4 aliphatic rings. The minimum absolute atomic E-state index is 0.142. The SMILES string of the molecule is CC1(C)CC(C2CN(C3CC(C)(C)NC(C)(C)C3)NN(C3CC(C)(C)NC(C)(C)C3)C2)CC(C)(C)N1. The summed E-state index contributed by atoms with van der Waals surface area (Å²) in [5.41, 5.74) is 4.99. The first-order chi connectivity index (χ1) is 16.1. The van der Waals surface area contributed by atoms with Crippen LogP contribution in [-0.2, 0) is 0 Å². The monoisotopic (exact) mass is 504 g/mol. The van der Waals surface area contributed by atoms with Gasteiger partial charge in [0.25, 0.3) is 0 Å². The largest absolute Gasteiger partial charge is 0.307 e. The molecule has 6 heteroatoms. The Morgan fingerprint density at radius 1 is 0.417 bits per heavy atom. The van der Waals surface area contributed by atoms with Gasteiger partial charge in [-0.2, -0.15) is 5.53 Å². The van der Waals surface area contributed by atoms with Gasteiger partial charge in [-0.15, -0.1) is 0 Å². The molecule has 210 valence electrons. The molecule has 4 aliphatic heterocycles. The maximum absolute atomic E-state index is 4.05. The van der Waals surface area contributed by atoms with Crippen molar-refractivity contribution in [1.82, 2.24) is 31.5 Å². The van der Waals surface area contributed by atoms with Crippen LogP contribution in [0.15, 0.2) is 0 Å². The smallest absolute Gasteiger partial charge is 0.0291 e. The van der Waals surface area contributed by atoms with E-state index in [0.29, 0.717) is 18.0 Å². The molecule has 0 bridgehead atoms. The van der Waals surface area contributed by atoms with Crippen molar-refractivity contribution in [3.05, 3.63) is 0 Å². The second-order valence-corrected chi connectivity index (χ2v) is 17.1. The lowest BCUT2D eigenvalue weighted by atomic mass is 9.70. The summed E-state index contributed by atoms with van der Waals surface area (Å²) in [6.07, 6.45) is 7.23. The molecule has 0 aromatic rings. The van der Waals surface area contributed by atoms with Crippen molar-refractivity contribution in [2.24, 2.45) is 11.8 Å². The van der Waals surface area contributed by atoms with E-state index < -0.39 is 0 Å². The molecule has 0 amide bonds. The highest BCUT2D eigenvalue weighted by atomic mass is 15.8. The molecule has 4 N–H and O–H groups in total. The lowest BCUT2D eigenvalue weighted by molar-refractivity contribution is -0.134. The van der Waals surface area contributed by atoms with Crippen LogP contribution < -0.4 is 21.5 Å². The van der Waals surface area contributed by atoms with Crippen molar-refractivity contribution < 1.29 is 0 Å². The van der Waals surface area contributed by atoms with Crippen molar-refractivity contribution in [3.8, 4) is 0 Å². The van der Waals surface area contributed by atoms with E-state index in [1.807, 2.05) is 0 Å². The molecule has 0 aliphatic carbocycles. The second kappa shape index (κ2) is 9.16. The highest BCUT2D eigenvalue weighted by Crippen LogP contribution is 2.41. The van der Waals surface area contributed by atoms with E-state index in [9.17, 15) is 0 Å². The Bertz CT molecular complexity index is 639. The molecule has 4 rings (SSSR count). The van der Waals surface area contributed by atoms with Crippen LogP contribution in [-0.4, -0.2) is 68.4 Å². The first-order valence-electron chi connectivity index (χ1n) is 14.8. The van der Waals surface area contributed by atoms with Crippen molar-refractivity contribution in [3.63, 3.8) is 0 Å². The zero-order valence-electron chi connectivity index (χ0n) is 25.9. The third kappa shape index (κ3) is 7.04. The van der Waals surface area contributed by atoms with E-state index >= 15 is 0 Å². The highest BCUT2D eigenvalue weighted by molar-refractivity contribution is 5.05. The van der Waals surface area contributed by atoms with Gasteiger partial charge in [-0.1, -0.05) is 0 Å². The maximum atomic E-state index is 4.05. The fraction of sp³-hybridized carbons (Fsp3) is 1.00. The first kappa shape index (κ1) is 28.8. The predicted molar refractivity (Wildman–Crippen MR) is 153 cm³/mol. The normalized spacial score (nSPS) is 34.0. The van der Waals surface area contributed by atoms with Crippen LogP contribution in [0, 0.1) is 11.8 Å². The molecular formula is C30H60N6.